The number of alkyl halides is 2. The zero-order valence-electron chi connectivity index (χ0n) is 8.96. The standard InChI is InChI=1S/C8H8F2N2O5S/c1-4-2-7(18(11,15)16)5(12(13)14)3-6(4)17-8(9)10/h2-3,8H,1H3,(H2,11,15,16). The van der Waals surface area contributed by atoms with E-state index in [4.69, 9.17) is 5.14 Å². The van der Waals surface area contributed by atoms with E-state index in [1.54, 1.807) is 0 Å². The lowest BCUT2D eigenvalue weighted by Crippen LogP contribution is -2.15. The summed E-state index contributed by atoms with van der Waals surface area (Å²) >= 11 is 0. The molecule has 18 heavy (non-hydrogen) atoms. The van der Waals surface area contributed by atoms with Gasteiger partial charge in [-0.1, -0.05) is 0 Å². The molecule has 0 atom stereocenters. The maximum Gasteiger partial charge on any atom is 0.387 e. The van der Waals surface area contributed by atoms with Gasteiger partial charge in [0.2, 0.25) is 10.0 Å². The van der Waals surface area contributed by atoms with E-state index in [1.807, 2.05) is 0 Å². The molecule has 0 aromatic heterocycles. The molecule has 1 rings (SSSR count). The minimum atomic E-state index is -4.33. The number of primary sulfonamides is 1. The number of nitrogens with two attached hydrogens (primary N) is 1. The highest BCUT2D eigenvalue weighted by atomic mass is 32.2. The molecule has 0 aliphatic heterocycles. The van der Waals surface area contributed by atoms with Gasteiger partial charge >= 0.3 is 6.61 Å². The lowest BCUT2D eigenvalue weighted by Gasteiger charge is -2.09. The largest absolute Gasteiger partial charge is 0.434 e. The van der Waals surface area contributed by atoms with Gasteiger partial charge in [0.25, 0.3) is 5.69 Å². The van der Waals surface area contributed by atoms with Gasteiger partial charge in [-0.15, -0.1) is 0 Å². The number of sulfonamides is 1. The summed E-state index contributed by atoms with van der Waals surface area (Å²) < 4.78 is 50.4. The summed E-state index contributed by atoms with van der Waals surface area (Å²) in [7, 11) is -4.33. The van der Waals surface area contributed by atoms with Crippen LogP contribution in [0.25, 0.3) is 0 Å². The fourth-order valence-electron chi connectivity index (χ4n) is 1.24. The second-order valence-corrected chi connectivity index (χ2v) is 4.80. The first-order valence-electron chi connectivity index (χ1n) is 4.39. The Morgan fingerprint density at radius 3 is 2.39 bits per heavy atom. The zero-order chi connectivity index (χ0) is 14.1. The highest BCUT2D eigenvalue weighted by molar-refractivity contribution is 7.89. The van der Waals surface area contributed by atoms with Crippen molar-refractivity contribution in [1.82, 2.24) is 0 Å². The molecule has 100 valence electrons. The predicted octanol–water partition coefficient (Wildman–Crippen LogP) is 1.15. The third-order valence-electron chi connectivity index (χ3n) is 1.98. The molecule has 0 heterocycles. The summed E-state index contributed by atoms with van der Waals surface area (Å²) in [6.45, 7) is -1.92. The maximum absolute atomic E-state index is 12.0. The van der Waals surface area contributed by atoms with Crippen molar-refractivity contribution < 1.29 is 26.9 Å². The zero-order valence-corrected chi connectivity index (χ0v) is 9.78. The Balaban J connectivity index is 3.49. The van der Waals surface area contributed by atoms with Crippen LogP contribution in [0.4, 0.5) is 14.5 Å². The number of hydrogen-bond acceptors (Lipinski definition) is 5. The molecule has 7 nitrogen and oxygen atoms in total. The van der Waals surface area contributed by atoms with Gasteiger partial charge in [-0.25, -0.2) is 13.6 Å². The minimum absolute atomic E-state index is 0.00933. The van der Waals surface area contributed by atoms with E-state index in [-0.39, 0.29) is 5.56 Å². The molecule has 0 unspecified atom stereocenters. The van der Waals surface area contributed by atoms with Crippen LogP contribution in [0.15, 0.2) is 17.0 Å². The summed E-state index contributed by atoms with van der Waals surface area (Å²) in [5.74, 6) is -0.482. The van der Waals surface area contributed by atoms with Gasteiger partial charge < -0.3 is 4.74 Å². The van der Waals surface area contributed by atoms with Gasteiger partial charge in [0.05, 0.1) is 11.0 Å². The summed E-state index contributed by atoms with van der Waals surface area (Å²) in [4.78, 5) is 8.86. The molecular formula is C8H8F2N2O5S. The lowest BCUT2D eigenvalue weighted by molar-refractivity contribution is -0.388. The van der Waals surface area contributed by atoms with Crippen LogP contribution >= 0.6 is 0 Å². The van der Waals surface area contributed by atoms with Crippen molar-refractivity contribution in [2.45, 2.75) is 18.4 Å². The molecule has 10 heteroatoms. The Kier molecular flexibility index (Phi) is 3.82. The van der Waals surface area contributed by atoms with Gasteiger partial charge in [-0.3, -0.25) is 10.1 Å². The second-order valence-electron chi connectivity index (χ2n) is 3.27. The summed E-state index contributed by atoms with van der Waals surface area (Å²) in [5.41, 5.74) is -0.927. The molecule has 0 aliphatic carbocycles. The Labute approximate surface area is 100 Å². The molecule has 2 N–H and O–H groups in total. The third kappa shape index (κ3) is 3.11. The average Bonchev–Trinajstić information content (AvgIpc) is 2.17. The monoisotopic (exact) mass is 282 g/mol. The van der Waals surface area contributed by atoms with Gasteiger partial charge in [0.15, 0.2) is 4.90 Å². The first-order chi connectivity index (χ1) is 8.12. The SMILES string of the molecule is Cc1cc(S(N)(=O)=O)c([N+](=O)[O-])cc1OC(F)F. The number of nitrogens with zero attached hydrogens (tertiary/aromatic N) is 1. The number of nitro benzene ring substituents is 1. The summed E-state index contributed by atoms with van der Waals surface area (Å²) in [6, 6.07) is 1.41. The second kappa shape index (κ2) is 4.82. The highest BCUT2D eigenvalue weighted by Gasteiger charge is 2.25. The van der Waals surface area contributed by atoms with Crippen molar-refractivity contribution in [2.75, 3.05) is 0 Å². The number of ether oxygens (including phenoxy) is 1. The number of nitro groups is 1. The Morgan fingerprint density at radius 1 is 1.44 bits per heavy atom. The molecule has 0 spiro atoms. The van der Waals surface area contributed by atoms with E-state index in [0.29, 0.717) is 6.07 Å². The maximum atomic E-state index is 12.0. The smallest absolute Gasteiger partial charge is 0.387 e. The van der Waals surface area contributed by atoms with E-state index in [2.05, 4.69) is 4.74 Å². The van der Waals surface area contributed by atoms with Gasteiger partial charge in [0, 0.05) is 0 Å². The van der Waals surface area contributed by atoms with E-state index in [1.165, 1.54) is 6.92 Å². The molecule has 1 aromatic carbocycles. The highest BCUT2D eigenvalue weighted by Crippen LogP contribution is 2.31. The van der Waals surface area contributed by atoms with Crippen LogP contribution in [-0.2, 0) is 10.0 Å². The van der Waals surface area contributed by atoms with E-state index in [9.17, 15) is 27.3 Å². The van der Waals surface area contributed by atoms with Gasteiger partial charge in [-0.05, 0) is 18.6 Å². The lowest BCUT2D eigenvalue weighted by atomic mass is 10.2. The third-order valence-corrected chi connectivity index (χ3v) is 2.92. The number of aryl methyl sites for hydroxylation is 1. The van der Waals surface area contributed by atoms with Crippen molar-refractivity contribution in [3.8, 4) is 5.75 Å². The van der Waals surface area contributed by atoms with Crippen LogP contribution in [0.1, 0.15) is 5.56 Å². The Bertz CT molecular complexity index is 587. The van der Waals surface area contributed by atoms with Crippen molar-refractivity contribution in [1.29, 1.82) is 0 Å². The normalized spacial score (nSPS) is 11.6. The molecular weight excluding hydrogens is 274 g/mol. The van der Waals surface area contributed by atoms with E-state index in [0.717, 1.165) is 6.07 Å². The molecule has 0 saturated heterocycles. The molecule has 1 aromatic rings. The minimum Gasteiger partial charge on any atom is -0.434 e. The first-order valence-corrected chi connectivity index (χ1v) is 5.94. The molecule has 0 amide bonds. The fraction of sp³-hybridized carbons (Fsp3) is 0.250. The van der Waals surface area contributed by atoms with Crippen LogP contribution in [0.5, 0.6) is 5.75 Å². The number of hydrogen-bond donors (Lipinski definition) is 1. The number of rotatable bonds is 4. The summed E-state index contributed by atoms with van der Waals surface area (Å²) in [5, 5.41) is 15.5. The summed E-state index contributed by atoms with van der Waals surface area (Å²) in [6.07, 6.45) is 0. The molecule has 0 fully saturated rings. The van der Waals surface area contributed by atoms with Crippen LogP contribution in [0, 0.1) is 17.0 Å². The van der Waals surface area contributed by atoms with Crippen LogP contribution < -0.4 is 9.88 Å². The quantitative estimate of drug-likeness (QED) is 0.657. The van der Waals surface area contributed by atoms with Gasteiger partial charge in [0.1, 0.15) is 5.75 Å². The molecule has 0 radical (unpaired) electrons. The number of benzene rings is 1. The van der Waals surface area contributed by atoms with Crippen LogP contribution in [0.2, 0.25) is 0 Å². The van der Waals surface area contributed by atoms with Crippen LogP contribution in [-0.4, -0.2) is 20.0 Å². The van der Waals surface area contributed by atoms with Crippen molar-refractivity contribution in [3.05, 3.63) is 27.8 Å². The van der Waals surface area contributed by atoms with Crippen molar-refractivity contribution >= 4 is 15.7 Å². The van der Waals surface area contributed by atoms with Crippen LogP contribution in [0.3, 0.4) is 0 Å². The van der Waals surface area contributed by atoms with Crippen molar-refractivity contribution in [3.63, 3.8) is 0 Å². The average molecular weight is 282 g/mol. The van der Waals surface area contributed by atoms with Crippen molar-refractivity contribution in [2.24, 2.45) is 5.14 Å². The van der Waals surface area contributed by atoms with E-state index >= 15 is 0 Å². The molecule has 0 aliphatic rings. The first kappa shape index (κ1) is 14.3. The Morgan fingerprint density at radius 2 is 2.00 bits per heavy atom. The molecule has 0 bridgehead atoms. The fourth-order valence-corrected chi connectivity index (χ4v) is 2.01. The van der Waals surface area contributed by atoms with Gasteiger partial charge in [-0.2, -0.15) is 8.78 Å². The Hall–Kier alpha value is -1.81. The predicted molar refractivity (Wildman–Crippen MR) is 55.8 cm³/mol. The van der Waals surface area contributed by atoms with E-state index < -0.39 is 37.9 Å². The topological polar surface area (TPSA) is 113 Å². The molecule has 0 saturated carbocycles. The number of halogens is 2.